The predicted octanol–water partition coefficient (Wildman–Crippen LogP) is 25.0. The summed E-state index contributed by atoms with van der Waals surface area (Å²) in [5.41, 5.74) is 40.1. The third kappa shape index (κ3) is 20.1. The highest BCUT2D eigenvalue weighted by molar-refractivity contribution is 5.61. The van der Waals surface area contributed by atoms with Gasteiger partial charge in [0.2, 0.25) is 11.9 Å². The molecule has 0 saturated heterocycles. The van der Waals surface area contributed by atoms with Gasteiger partial charge in [-0.15, -0.1) is 0 Å². The van der Waals surface area contributed by atoms with Gasteiger partial charge in [-0.2, -0.15) is 0 Å². The van der Waals surface area contributed by atoms with E-state index in [4.69, 9.17) is 31.5 Å². The lowest BCUT2D eigenvalue weighted by Gasteiger charge is -2.24. The van der Waals surface area contributed by atoms with Crippen LogP contribution in [-0.2, 0) is 0 Å². The quantitative estimate of drug-likeness (QED) is 0.0243. The van der Waals surface area contributed by atoms with E-state index < -0.39 is 0 Å². The van der Waals surface area contributed by atoms with E-state index in [1.54, 1.807) is 0 Å². The summed E-state index contributed by atoms with van der Waals surface area (Å²) in [5, 5.41) is 20.4. The Hall–Kier alpha value is -10.0. The number of imidazole rings is 4. The molecular formula is C108H144Cl2N14. The summed E-state index contributed by atoms with van der Waals surface area (Å²) in [6, 6.07) is 53.7. The van der Waals surface area contributed by atoms with E-state index >= 15 is 0 Å². The molecule has 0 N–H and O–H groups in total. The van der Waals surface area contributed by atoms with Crippen molar-refractivity contribution in [2.45, 2.75) is 316 Å². The minimum Gasteiger partial charge on any atom is -1.00 e. The number of benzene rings is 8. The van der Waals surface area contributed by atoms with Crippen LogP contribution in [-0.4, -0.2) is 18.3 Å². The SMILES string of the molecule is CC(C)c1cccc(C(C)C)c1-n1cc[n+](-c2c(C(C)C)cccc2C(C)C)c1/N=N/[N-]c1n(-c2c(C(C)C)cccc2C(C)C)cc[n+]1-c1c(C(C)C)cccc1C(C)C.CC(C)c1cccc(C(C)C)c1-n1cc[n+](-c2c(C(C)C)cccc2C(C)C)c1/N=N/[N-]c1n(-c2c(C(C)C)cccc2C(C)C)cc[n+]1-c1c(C(C)C)cccc1C(C)C.[Cl-].[Cl-]. The zero-order chi connectivity index (χ0) is 88.9. The molecule has 4 aromatic heterocycles. The number of hydrogen-bond acceptors (Lipinski definition) is 4. The standard InChI is InChI=1S/2C54H72N7.2ClH/c2*1-33(2)41-21-17-22-42(34(3)4)49(41)58-29-30-59(50-43(35(5)6)23-18-24-44(50)36(7)8)53(58)55-57-56-54-60(51-45(37(9)10)25-19-26-46(51)38(11)12)31-32-61(54)52-47(39(13)14)27-20-28-48(52)40(15)16;;/h2*17-40H,1-16H3;2*1H/q2*+1;;/p-2. The van der Waals surface area contributed by atoms with E-state index in [1.807, 2.05) is 0 Å². The van der Waals surface area contributed by atoms with Gasteiger partial charge < -0.3 is 24.8 Å². The third-order valence-corrected chi connectivity index (χ3v) is 24.4. The minimum atomic E-state index is 0. The first kappa shape index (κ1) is 97.8. The highest BCUT2D eigenvalue weighted by atomic mass is 35.5. The Morgan fingerprint density at radius 1 is 0.202 bits per heavy atom. The van der Waals surface area contributed by atoms with Gasteiger partial charge >= 0.3 is 11.9 Å². The maximum Gasteiger partial charge on any atom is 0.357 e. The van der Waals surface area contributed by atoms with Crippen LogP contribution >= 0.6 is 0 Å². The van der Waals surface area contributed by atoms with Gasteiger partial charge in [0.05, 0.1) is 22.7 Å². The number of aromatic nitrogens is 8. The third-order valence-electron chi connectivity index (χ3n) is 24.4. The Labute approximate surface area is 757 Å². The van der Waals surface area contributed by atoms with Crippen LogP contribution in [0.25, 0.3) is 56.4 Å². The monoisotopic (exact) mass is 1710 g/mol. The fraction of sp³-hybridized carbons (Fsp3) is 0.444. The summed E-state index contributed by atoms with van der Waals surface area (Å²) < 4.78 is 18.1. The van der Waals surface area contributed by atoms with E-state index in [1.165, 1.54) is 89.0 Å². The van der Waals surface area contributed by atoms with Crippen LogP contribution in [0, 0.1) is 0 Å². The first-order valence-electron chi connectivity index (χ1n) is 45.7. The van der Waals surface area contributed by atoms with Crippen molar-refractivity contribution in [2.24, 2.45) is 20.7 Å². The molecule has 0 saturated carbocycles. The van der Waals surface area contributed by atoms with Gasteiger partial charge in [-0.1, -0.05) is 388 Å². The Morgan fingerprint density at radius 2 is 0.347 bits per heavy atom. The summed E-state index contributed by atoms with van der Waals surface area (Å²) in [4.78, 5) is 0. The lowest BCUT2D eigenvalue weighted by atomic mass is 9.92. The van der Waals surface area contributed by atoms with Gasteiger partial charge in [0.1, 0.15) is 47.5 Å². The first-order chi connectivity index (χ1) is 57.9. The van der Waals surface area contributed by atoms with Crippen LogP contribution in [0.2, 0.25) is 0 Å². The van der Waals surface area contributed by atoms with E-state index in [2.05, 4.69) is 453 Å². The fourth-order valence-corrected chi connectivity index (χ4v) is 17.8. The van der Waals surface area contributed by atoms with Crippen molar-refractivity contribution in [3.05, 3.63) is 295 Å². The van der Waals surface area contributed by atoms with E-state index in [9.17, 15) is 0 Å². The Morgan fingerprint density at radius 3 is 0.524 bits per heavy atom. The Balaban J connectivity index is 0.000000277. The van der Waals surface area contributed by atoms with E-state index in [-0.39, 0.29) is 24.8 Å². The largest absolute Gasteiger partial charge is 1.00 e. The smallest absolute Gasteiger partial charge is 0.357 e. The number of hydrogen-bond donors (Lipinski definition) is 0. The summed E-state index contributed by atoms with van der Waals surface area (Å²) >= 11 is 0. The molecule has 12 aromatic rings. The molecule has 0 aliphatic carbocycles. The average molecular weight is 1710 g/mol. The molecule has 0 fully saturated rings. The van der Waals surface area contributed by atoms with Gasteiger partial charge in [-0.3, -0.25) is 18.3 Å². The molecule has 0 aliphatic rings. The van der Waals surface area contributed by atoms with Crippen LogP contribution in [0.3, 0.4) is 0 Å². The second-order valence-electron chi connectivity index (χ2n) is 38.7. The van der Waals surface area contributed by atoms with Crippen LogP contribution < -0.4 is 43.1 Å². The van der Waals surface area contributed by atoms with E-state index in [0.29, 0.717) is 118 Å². The van der Waals surface area contributed by atoms with Crippen LogP contribution in [0.4, 0.5) is 23.8 Å². The predicted molar refractivity (Wildman–Crippen MR) is 510 cm³/mol. The molecule has 0 spiro atoms. The average Bonchev–Trinajstić information content (AvgIpc) is 1.61. The topological polar surface area (TPSA) is 113 Å². The minimum absolute atomic E-state index is 0. The van der Waals surface area contributed by atoms with Gasteiger partial charge in [0.15, 0.2) is 0 Å². The number of halogens is 2. The van der Waals surface area contributed by atoms with Crippen molar-refractivity contribution in [3.63, 3.8) is 0 Å². The van der Waals surface area contributed by atoms with Gasteiger partial charge in [-0.05, 0) is 194 Å². The van der Waals surface area contributed by atoms with E-state index in [0.717, 1.165) is 45.5 Å². The fourth-order valence-electron chi connectivity index (χ4n) is 17.8. The number of rotatable bonds is 30. The Kier molecular flexibility index (Phi) is 33.0. The molecule has 0 radical (unpaired) electrons. The Bertz CT molecular complexity index is 4800. The maximum atomic E-state index is 5.25. The highest BCUT2D eigenvalue weighted by Crippen LogP contribution is 2.44. The zero-order valence-corrected chi connectivity index (χ0v) is 82.2. The summed E-state index contributed by atoms with van der Waals surface area (Å²) in [6.07, 6.45) is 17.4. The van der Waals surface area contributed by atoms with Crippen LogP contribution in [0.1, 0.15) is 405 Å². The number of para-hydroxylation sites is 8. The summed E-state index contributed by atoms with van der Waals surface area (Å²) in [5.74, 6) is 7.52. The molecule has 660 valence electrons. The molecule has 14 nitrogen and oxygen atoms in total. The second-order valence-corrected chi connectivity index (χ2v) is 38.7. The normalized spacial score (nSPS) is 12.2. The number of nitrogens with zero attached hydrogens (tertiary/aromatic N) is 14. The molecule has 0 atom stereocenters. The molecule has 0 aliphatic heterocycles. The molecule has 0 unspecified atom stereocenters. The maximum absolute atomic E-state index is 5.25. The molecule has 0 amide bonds. The molecule has 4 heterocycles. The summed E-state index contributed by atoms with van der Waals surface area (Å²) in [7, 11) is 0. The van der Waals surface area contributed by atoms with Gasteiger partial charge in [-0.25, -0.2) is 18.3 Å². The first-order valence-corrected chi connectivity index (χ1v) is 45.7. The molecule has 0 bridgehead atoms. The van der Waals surface area contributed by atoms with Crippen molar-refractivity contribution in [1.82, 2.24) is 18.3 Å². The molecule has 12 rings (SSSR count). The van der Waals surface area contributed by atoms with Crippen molar-refractivity contribution >= 4 is 23.8 Å². The highest BCUT2D eigenvalue weighted by Gasteiger charge is 2.34. The van der Waals surface area contributed by atoms with Gasteiger partial charge in [0.25, 0.3) is 0 Å². The summed E-state index contributed by atoms with van der Waals surface area (Å²) in [6.45, 7) is 72.8. The molecule has 8 aromatic carbocycles. The lowest BCUT2D eigenvalue weighted by molar-refractivity contribution is -0.582. The van der Waals surface area contributed by atoms with Gasteiger partial charge in [0, 0.05) is 24.8 Å². The molecular weight excluding hydrogens is 1560 g/mol. The van der Waals surface area contributed by atoms with Crippen LogP contribution in [0.15, 0.2) is 216 Å². The van der Waals surface area contributed by atoms with Crippen molar-refractivity contribution in [2.75, 3.05) is 0 Å². The van der Waals surface area contributed by atoms with Crippen molar-refractivity contribution in [1.29, 1.82) is 0 Å². The molecule has 16 heteroatoms. The zero-order valence-electron chi connectivity index (χ0n) is 80.7. The second kappa shape index (κ2) is 41.9. The van der Waals surface area contributed by atoms with Crippen molar-refractivity contribution < 1.29 is 43.1 Å². The molecule has 124 heavy (non-hydrogen) atoms. The van der Waals surface area contributed by atoms with Crippen molar-refractivity contribution in [3.8, 4) is 45.5 Å². The lowest BCUT2D eigenvalue weighted by Crippen LogP contribution is -3.00. The van der Waals surface area contributed by atoms with Crippen LogP contribution in [0.5, 0.6) is 0 Å².